The number of aromatic nitrogens is 4. The number of hydrogen-bond donors (Lipinski definition) is 2. The smallest absolute Gasteiger partial charge is 0.275 e. The van der Waals surface area contributed by atoms with Gasteiger partial charge in [-0.05, 0) is 50.2 Å². The van der Waals surface area contributed by atoms with E-state index in [2.05, 4.69) is 25.5 Å². The van der Waals surface area contributed by atoms with Crippen molar-refractivity contribution >= 4 is 28.3 Å². The molecular weight excluding hydrogens is 404 g/mol. The lowest BCUT2D eigenvalue weighted by molar-refractivity contribution is -0.0248. The van der Waals surface area contributed by atoms with Crippen molar-refractivity contribution in [2.45, 2.75) is 20.0 Å². The monoisotopic (exact) mass is 428 g/mol. The van der Waals surface area contributed by atoms with Gasteiger partial charge >= 0.3 is 0 Å². The third-order valence-electron chi connectivity index (χ3n) is 5.51. The molecule has 0 saturated carbocycles. The zero-order valence-corrected chi connectivity index (χ0v) is 18.0. The van der Waals surface area contributed by atoms with Crippen LogP contribution >= 0.6 is 0 Å². The number of amides is 1. The average Bonchev–Trinajstić information content (AvgIpc) is 3.22. The molecule has 32 heavy (non-hydrogen) atoms. The van der Waals surface area contributed by atoms with Crippen molar-refractivity contribution in [3.05, 3.63) is 77.4 Å². The maximum absolute atomic E-state index is 13.3. The van der Waals surface area contributed by atoms with Gasteiger partial charge in [-0.3, -0.25) is 14.9 Å². The lowest BCUT2D eigenvalue weighted by Gasteiger charge is -2.32. The minimum atomic E-state index is -0.316. The highest BCUT2D eigenvalue weighted by Gasteiger charge is 2.29. The number of H-pyrrole nitrogens is 1. The molecular formula is C24H24N6O2. The molecule has 4 aromatic rings. The van der Waals surface area contributed by atoms with Crippen LogP contribution < -0.4 is 5.32 Å². The van der Waals surface area contributed by atoms with Crippen LogP contribution in [0.25, 0.3) is 10.9 Å². The number of pyridine rings is 2. The summed E-state index contributed by atoms with van der Waals surface area (Å²) in [6.07, 6.45) is 1.43. The summed E-state index contributed by atoms with van der Waals surface area (Å²) in [5.74, 6) is 0.653. The van der Waals surface area contributed by atoms with Crippen molar-refractivity contribution < 1.29 is 9.53 Å². The van der Waals surface area contributed by atoms with E-state index >= 15 is 0 Å². The average molecular weight is 428 g/mol. The van der Waals surface area contributed by atoms with Crippen LogP contribution in [0.3, 0.4) is 0 Å². The van der Waals surface area contributed by atoms with E-state index in [4.69, 9.17) is 4.74 Å². The van der Waals surface area contributed by atoms with Gasteiger partial charge in [0.1, 0.15) is 11.9 Å². The highest BCUT2D eigenvalue weighted by molar-refractivity contribution is 6.04. The molecule has 3 aromatic heterocycles. The zero-order chi connectivity index (χ0) is 22.1. The van der Waals surface area contributed by atoms with Crippen LogP contribution in [0.15, 0.2) is 54.7 Å². The van der Waals surface area contributed by atoms with Gasteiger partial charge < -0.3 is 15.0 Å². The van der Waals surface area contributed by atoms with Crippen molar-refractivity contribution in [3.8, 4) is 0 Å². The summed E-state index contributed by atoms with van der Waals surface area (Å²) in [6, 6.07) is 15.6. The molecule has 4 heterocycles. The number of ether oxygens (including phenoxy) is 1. The van der Waals surface area contributed by atoms with E-state index in [9.17, 15) is 4.79 Å². The summed E-state index contributed by atoms with van der Waals surface area (Å²) in [7, 11) is 0. The molecule has 0 aliphatic carbocycles. The maximum Gasteiger partial charge on any atom is 0.275 e. The number of carbonyl (C=O) groups excluding carboxylic acids is 1. The SMILES string of the molecule is Cc1ccc2[nH]nc(C(=O)N3CCO[C@@H](c4cc(Nc5ccccn5)cc(C)n4)C3)c2c1. The number of aryl methyl sites for hydroxylation is 2. The van der Waals surface area contributed by atoms with Gasteiger partial charge in [-0.25, -0.2) is 4.98 Å². The van der Waals surface area contributed by atoms with Gasteiger partial charge in [0, 0.05) is 29.5 Å². The molecule has 1 saturated heterocycles. The van der Waals surface area contributed by atoms with Crippen LogP contribution in [0.1, 0.15) is 33.5 Å². The second-order valence-electron chi connectivity index (χ2n) is 7.99. The van der Waals surface area contributed by atoms with Crippen molar-refractivity contribution in [1.82, 2.24) is 25.1 Å². The Morgan fingerprint density at radius 3 is 2.94 bits per heavy atom. The number of nitrogens with zero attached hydrogens (tertiary/aromatic N) is 4. The molecule has 1 aromatic carbocycles. The summed E-state index contributed by atoms with van der Waals surface area (Å²) >= 11 is 0. The van der Waals surface area contributed by atoms with Crippen molar-refractivity contribution in [2.24, 2.45) is 0 Å². The zero-order valence-electron chi connectivity index (χ0n) is 18.0. The van der Waals surface area contributed by atoms with E-state index in [-0.39, 0.29) is 12.0 Å². The molecule has 162 valence electrons. The van der Waals surface area contributed by atoms with Crippen LogP contribution in [-0.2, 0) is 4.74 Å². The Bertz CT molecular complexity index is 1270. The summed E-state index contributed by atoms with van der Waals surface area (Å²) in [4.78, 5) is 24.1. The summed E-state index contributed by atoms with van der Waals surface area (Å²) in [5, 5.41) is 11.4. The summed E-state index contributed by atoms with van der Waals surface area (Å²) in [6.45, 7) is 5.32. The Morgan fingerprint density at radius 2 is 2.09 bits per heavy atom. The van der Waals surface area contributed by atoms with Gasteiger partial charge in [0.15, 0.2) is 5.69 Å². The van der Waals surface area contributed by atoms with Crippen LogP contribution in [0.4, 0.5) is 11.5 Å². The van der Waals surface area contributed by atoms with Crippen molar-refractivity contribution in [3.63, 3.8) is 0 Å². The Balaban J connectivity index is 1.38. The first-order chi connectivity index (χ1) is 15.6. The molecule has 1 aliphatic rings. The molecule has 0 spiro atoms. The Labute approximate surface area is 185 Å². The normalized spacial score (nSPS) is 16.3. The predicted octanol–water partition coefficient (Wildman–Crippen LogP) is 3.93. The topological polar surface area (TPSA) is 96.0 Å². The summed E-state index contributed by atoms with van der Waals surface area (Å²) in [5.41, 5.74) is 4.91. The molecule has 1 fully saturated rings. The highest BCUT2D eigenvalue weighted by Crippen LogP contribution is 2.27. The largest absolute Gasteiger partial charge is 0.368 e. The molecule has 0 bridgehead atoms. The summed E-state index contributed by atoms with van der Waals surface area (Å²) < 4.78 is 6.00. The Kier molecular flexibility index (Phi) is 5.28. The van der Waals surface area contributed by atoms with Crippen LogP contribution in [0.5, 0.6) is 0 Å². The molecule has 8 nitrogen and oxygen atoms in total. The van der Waals surface area contributed by atoms with Gasteiger partial charge in [-0.1, -0.05) is 17.7 Å². The van der Waals surface area contributed by atoms with E-state index in [0.29, 0.717) is 25.4 Å². The van der Waals surface area contributed by atoms with Gasteiger partial charge in [-0.15, -0.1) is 0 Å². The fraction of sp³-hybridized carbons (Fsp3) is 0.250. The van der Waals surface area contributed by atoms with E-state index in [1.165, 1.54) is 0 Å². The molecule has 1 atom stereocenters. The fourth-order valence-corrected chi connectivity index (χ4v) is 3.97. The predicted molar refractivity (Wildman–Crippen MR) is 122 cm³/mol. The number of nitrogens with one attached hydrogen (secondary N) is 2. The minimum Gasteiger partial charge on any atom is -0.368 e. The van der Waals surface area contributed by atoms with Crippen molar-refractivity contribution in [2.75, 3.05) is 25.0 Å². The molecule has 1 amide bonds. The third-order valence-corrected chi connectivity index (χ3v) is 5.51. The van der Waals surface area contributed by atoms with Crippen molar-refractivity contribution in [1.29, 1.82) is 0 Å². The van der Waals surface area contributed by atoms with Crippen LogP contribution in [-0.4, -0.2) is 50.7 Å². The van der Waals surface area contributed by atoms with Gasteiger partial charge in [-0.2, -0.15) is 5.10 Å². The second kappa shape index (κ2) is 8.39. The molecule has 5 rings (SSSR count). The first-order valence-corrected chi connectivity index (χ1v) is 10.6. The van der Waals surface area contributed by atoms with Gasteiger partial charge in [0.05, 0.1) is 24.4 Å². The van der Waals surface area contributed by atoms with E-state index in [1.54, 1.807) is 11.1 Å². The molecule has 0 radical (unpaired) electrons. The fourth-order valence-electron chi connectivity index (χ4n) is 3.97. The standard InChI is InChI=1S/C24H24N6O2/c1-15-6-7-19-18(11-15)23(29-28-19)24(31)30-9-10-32-21(14-30)20-13-17(12-16(2)26-20)27-22-5-3-4-8-25-22/h3-8,11-13,21H,9-10,14H2,1-2H3,(H,28,29)(H,25,26,27)/t21-/m1/s1. The number of rotatable bonds is 4. The third kappa shape index (κ3) is 4.04. The lowest BCUT2D eigenvalue weighted by Crippen LogP contribution is -2.42. The number of hydrogen-bond acceptors (Lipinski definition) is 6. The molecule has 2 N–H and O–H groups in total. The first kappa shape index (κ1) is 20.1. The number of benzene rings is 1. The quantitative estimate of drug-likeness (QED) is 0.511. The van der Waals surface area contributed by atoms with E-state index < -0.39 is 0 Å². The number of morpholine rings is 1. The molecule has 1 aliphatic heterocycles. The van der Waals surface area contributed by atoms with Crippen LogP contribution in [0, 0.1) is 13.8 Å². The number of anilines is 2. The maximum atomic E-state index is 13.3. The molecule has 8 heteroatoms. The Hall–Kier alpha value is -3.78. The first-order valence-electron chi connectivity index (χ1n) is 10.6. The van der Waals surface area contributed by atoms with Gasteiger partial charge in [0.25, 0.3) is 5.91 Å². The second-order valence-corrected chi connectivity index (χ2v) is 7.99. The number of aromatic amines is 1. The Morgan fingerprint density at radius 1 is 1.19 bits per heavy atom. The minimum absolute atomic E-state index is 0.102. The van der Waals surface area contributed by atoms with Gasteiger partial charge in [0.2, 0.25) is 0 Å². The number of carbonyl (C=O) groups is 1. The number of fused-ring (bicyclic) bond motifs is 1. The highest BCUT2D eigenvalue weighted by atomic mass is 16.5. The van der Waals surface area contributed by atoms with E-state index in [1.807, 2.05) is 62.4 Å². The lowest BCUT2D eigenvalue weighted by atomic mass is 10.1. The molecule has 0 unspecified atom stereocenters. The van der Waals surface area contributed by atoms with Crippen LogP contribution in [0.2, 0.25) is 0 Å². The van der Waals surface area contributed by atoms with E-state index in [0.717, 1.165) is 39.4 Å².